The summed E-state index contributed by atoms with van der Waals surface area (Å²) in [5, 5.41) is 3.68. The number of allylic oxidation sites excluding steroid dienone is 1. The Bertz CT molecular complexity index is 756. The highest BCUT2D eigenvalue weighted by Gasteiger charge is 2.19. The van der Waals surface area contributed by atoms with Crippen molar-refractivity contribution in [2.24, 2.45) is 0 Å². The molecule has 23 heavy (non-hydrogen) atoms. The normalized spacial score (nSPS) is 14.3. The molecule has 2 aromatic carbocycles. The largest absolute Gasteiger partial charge is 0.496 e. The quantitative estimate of drug-likeness (QED) is 0.856. The smallest absolute Gasteiger partial charge is 0.265 e. The van der Waals surface area contributed by atoms with Gasteiger partial charge in [-0.15, -0.1) is 11.8 Å². The number of amides is 1. The third-order valence-corrected chi connectivity index (χ3v) is 4.89. The van der Waals surface area contributed by atoms with E-state index in [-0.39, 0.29) is 5.91 Å². The molecule has 0 bridgehead atoms. The molecule has 1 N–H and O–H groups in total. The van der Waals surface area contributed by atoms with Crippen LogP contribution >= 0.6 is 23.4 Å². The van der Waals surface area contributed by atoms with Crippen LogP contribution in [0.2, 0.25) is 5.02 Å². The molecule has 3 nitrogen and oxygen atoms in total. The van der Waals surface area contributed by atoms with Gasteiger partial charge >= 0.3 is 0 Å². The van der Waals surface area contributed by atoms with Gasteiger partial charge in [-0.05, 0) is 30.7 Å². The van der Waals surface area contributed by atoms with Crippen LogP contribution in [0.1, 0.15) is 6.92 Å². The number of benzene rings is 2. The first-order chi connectivity index (χ1) is 11.1. The monoisotopic (exact) mass is 345 g/mol. The predicted octanol–water partition coefficient (Wildman–Crippen LogP) is 4.94. The van der Waals surface area contributed by atoms with Crippen LogP contribution in [-0.2, 0) is 9.53 Å². The minimum atomic E-state index is -0.131. The van der Waals surface area contributed by atoms with E-state index in [4.69, 9.17) is 16.3 Å². The number of nitrogens with one attached hydrogen (secondary N) is 1. The van der Waals surface area contributed by atoms with Gasteiger partial charge in [0.2, 0.25) is 0 Å². The van der Waals surface area contributed by atoms with Gasteiger partial charge in [-0.25, -0.2) is 0 Å². The number of ether oxygens (including phenoxy) is 1. The van der Waals surface area contributed by atoms with Gasteiger partial charge in [0.05, 0.1) is 6.61 Å². The fraction of sp³-hybridized carbons (Fsp3) is 0.167. The van der Waals surface area contributed by atoms with Crippen LogP contribution in [0.5, 0.6) is 0 Å². The van der Waals surface area contributed by atoms with E-state index in [0.717, 1.165) is 22.6 Å². The molecule has 0 aliphatic carbocycles. The van der Waals surface area contributed by atoms with Crippen molar-refractivity contribution in [3.8, 4) is 11.1 Å². The summed E-state index contributed by atoms with van der Waals surface area (Å²) < 4.78 is 5.46. The van der Waals surface area contributed by atoms with Crippen LogP contribution in [0.4, 0.5) is 5.69 Å². The third kappa shape index (κ3) is 3.71. The van der Waals surface area contributed by atoms with Crippen LogP contribution in [0, 0.1) is 0 Å². The molecule has 0 unspecified atom stereocenters. The fourth-order valence-corrected chi connectivity index (χ4v) is 3.32. The summed E-state index contributed by atoms with van der Waals surface area (Å²) in [5.41, 5.74) is 2.73. The van der Waals surface area contributed by atoms with E-state index >= 15 is 0 Å². The van der Waals surface area contributed by atoms with Gasteiger partial charge in [0.15, 0.2) is 0 Å². The first-order valence-corrected chi connectivity index (χ1v) is 8.64. The fourth-order valence-electron chi connectivity index (χ4n) is 2.38. The number of thioether (sulfide) groups is 1. The average Bonchev–Trinajstić information content (AvgIpc) is 2.56. The van der Waals surface area contributed by atoms with Crippen molar-refractivity contribution in [1.82, 2.24) is 0 Å². The Balaban J connectivity index is 1.89. The van der Waals surface area contributed by atoms with Gasteiger partial charge in [-0.2, -0.15) is 0 Å². The maximum absolute atomic E-state index is 12.5. The van der Waals surface area contributed by atoms with E-state index in [1.807, 2.05) is 55.5 Å². The molecule has 118 valence electrons. The summed E-state index contributed by atoms with van der Waals surface area (Å²) in [6.07, 6.45) is 0. The minimum absolute atomic E-state index is 0.131. The molecular weight excluding hydrogens is 330 g/mol. The van der Waals surface area contributed by atoms with E-state index in [0.29, 0.717) is 22.3 Å². The van der Waals surface area contributed by atoms with Gasteiger partial charge in [-0.3, -0.25) is 4.79 Å². The summed E-state index contributed by atoms with van der Waals surface area (Å²) in [7, 11) is 0. The van der Waals surface area contributed by atoms with Gasteiger partial charge in [-0.1, -0.05) is 41.9 Å². The van der Waals surface area contributed by atoms with Crippen molar-refractivity contribution >= 4 is 35.0 Å². The maximum Gasteiger partial charge on any atom is 0.265 e. The van der Waals surface area contributed by atoms with E-state index in [9.17, 15) is 4.79 Å². The number of hydrogen-bond donors (Lipinski definition) is 1. The Kier molecular flexibility index (Phi) is 4.94. The molecule has 1 aliphatic heterocycles. The zero-order valence-corrected chi connectivity index (χ0v) is 14.2. The number of halogens is 1. The summed E-state index contributed by atoms with van der Waals surface area (Å²) >= 11 is 7.48. The lowest BCUT2D eigenvalue weighted by Crippen LogP contribution is -2.18. The zero-order chi connectivity index (χ0) is 16.2. The molecule has 1 heterocycles. The Hall–Kier alpha value is -1.91. The lowest BCUT2D eigenvalue weighted by molar-refractivity contribution is -0.112. The highest BCUT2D eigenvalue weighted by molar-refractivity contribution is 8.04. The Labute approximate surface area is 144 Å². The van der Waals surface area contributed by atoms with Crippen molar-refractivity contribution in [1.29, 1.82) is 0 Å². The van der Waals surface area contributed by atoms with E-state index in [2.05, 4.69) is 5.32 Å². The van der Waals surface area contributed by atoms with Crippen molar-refractivity contribution in [3.63, 3.8) is 0 Å². The number of anilines is 1. The molecule has 5 heteroatoms. The molecule has 0 spiro atoms. The zero-order valence-electron chi connectivity index (χ0n) is 12.6. The lowest BCUT2D eigenvalue weighted by atomic mass is 10.0. The molecule has 0 radical (unpaired) electrons. The molecule has 1 aliphatic rings. The second-order valence-electron chi connectivity index (χ2n) is 5.09. The summed E-state index contributed by atoms with van der Waals surface area (Å²) in [6, 6.07) is 15.3. The number of rotatable bonds is 3. The van der Waals surface area contributed by atoms with Crippen LogP contribution in [-0.4, -0.2) is 18.3 Å². The molecule has 0 saturated heterocycles. The number of hydrogen-bond acceptors (Lipinski definition) is 3. The molecule has 3 rings (SSSR count). The Morgan fingerprint density at radius 3 is 2.65 bits per heavy atom. The van der Waals surface area contributed by atoms with Crippen molar-refractivity contribution < 1.29 is 9.53 Å². The molecule has 0 fully saturated rings. The molecule has 0 atom stereocenters. The topological polar surface area (TPSA) is 38.3 Å². The average molecular weight is 346 g/mol. The predicted molar refractivity (Wildman–Crippen MR) is 96.6 cm³/mol. The highest BCUT2D eigenvalue weighted by atomic mass is 35.5. The van der Waals surface area contributed by atoms with Crippen LogP contribution in [0.25, 0.3) is 11.1 Å². The van der Waals surface area contributed by atoms with Crippen LogP contribution in [0.15, 0.2) is 59.2 Å². The maximum atomic E-state index is 12.5. The molecule has 0 aromatic heterocycles. The summed E-state index contributed by atoms with van der Waals surface area (Å²) in [4.78, 5) is 13.2. The third-order valence-electron chi connectivity index (χ3n) is 3.50. The van der Waals surface area contributed by atoms with Crippen molar-refractivity contribution in [3.05, 3.63) is 64.2 Å². The number of carbonyl (C=O) groups is 1. The molecule has 0 saturated carbocycles. The number of carbonyl (C=O) groups excluding carboxylic acids is 1. The van der Waals surface area contributed by atoms with E-state index < -0.39 is 0 Å². The van der Waals surface area contributed by atoms with E-state index in [1.165, 1.54) is 11.8 Å². The first kappa shape index (κ1) is 16.0. The second-order valence-corrected chi connectivity index (χ2v) is 6.63. The van der Waals surface area contributed by atoms with Crippen LogP contribution in [0.3, 0.4) is 0 Å². The van der Waals surface area contributed by atoms with Crippen molar-refractivity contribution in [2.75, 3.05) is 17.7 Å². The Morgan fingerprint density at radius 1 is 1.17 bits per heavy atom. The van der Waals surface area contributed by atoms with Gasteiger partial charge in [0, 0.05) is 22.0 Å². The Morgan fingerprint density at radius 2 is 1.91 bits per heavy atom. The summed E-state index contributed by atoms with van der Waals surface area (Å²) in [6.45, 7) is 2.47. The van der Waals surface area contributed by atoms with Gasteiger partial charge in [0.1, 0.15) is 10.7 Å². The SMILES string of the molecule is CC1=C(C(=O)Nc2ccccc2-c2ccc(Cl)cc2)SCCO1. The molecular formula is C18H16ClNO2S. The standard InChI is InChI=1S/C18H16ClNO2S/c1-12-17(23-11-10-22-12)18(21)20-16-5-3-2-4-15(16)13-6-8-14(19)9-7-13/h2-9H,10-11H2,1H3,(H,20,21). The van der Waals surface area contributed by atoms with Gasteiger partial charge < -0.3 is 10.1 Å². The molecule has 2 aromatic rings. The van der Waals surface area contributed by atoms with Crippen LogP contribution < -0.4 is 5.32 Å². The molecule has 1 amide bonds. The lowest BCUT2D eigenvalue weighted by Gasteiger charge is -2.18. The summed E-state index contributed by atoms with van der Waals surface area (Å²) in [5.74, 6) is 1.34. The number of para-hydroxylation sites is 1. The van der Waals surface area contributed by atoms with Crippen molar-refractivity contribution in [2.45, 2.75) is 6.92 Å². The second kappa shape index (κ2) is 7.11. The van der Waals surface area contributed by atoms with E-state index in [1.54, 1.807) is 0 Å². The minimum Gasteiger partial charge on any atom is -0.496 e. The van der Waals surface area contributed by atoms with Gasteiger partial charge in [0.25, 0.3) is 5.91 Å². The first-order valence-electron chi connectivity index (χ1n) is 7.28. The highest BCUT2D eigenvalue weighted by Crippen LogP contribution is 2.31.